The van der Waals surface area contributed by atoms with E-state index in [2.05, 4.69) is 10.6 Å². The van der Waals surface area contributed by atoms with Crippen LogP contribution in [0.1, 0.15) is 26.7 Å². The number of carbonyl (C=O) groups is 2. The Labute approximate surface area is 162 Å². The maximum atomic E-state index is 12.1. The summed E-state index contributed by atoms with van der Waals surface area (Å²) in [6.45, 7) is 4.15. The minimum Gasteiger partial charge on any atom is -0.477 e. The van der Waals surface area contributed by atoms with Gasteiger partial charge in [-0.1, -0.05) is 0 Å². The Kier molecular flexibility index (Phi) is 5.74. The van der Waals surface area contributed by atoms with Crippen molar-refractivity contribution in [1.82, 2.24) is 15.5 Å². The molecule has 0 aromatic heterocycles. The van der Waals surface area contributed by atoms with Crippen LogP contribution in [0.25, 0.3) is 0 Å². The SMILES string of the molecule is C[C@@H](O)[C@@H](C1OO1)[C@@]1(C)CC(S[C@@H]2CN[C@H](C(=O)N(C)C)C2)=C(C(=O)O)N1. The van der Waals surface area contributed by atoms with Crippen molar-refractivity contribution in [1.29, 1.82) is 0 Å². The van der Waals surface area contributed by atoms with Crippen LogP contribution in [0.2, 0.25) is 0 Å². The van der Waals surface area contributed by atoms with Gasteiger partial charge in [-0.25, -0.2) is 4.79 Å². The van der Waals surface area contributed by atoms with Gasteiger partial charge in [-0.2, -0.15) is 9.78 Å². The third-order valence-corrected chi connectivity index (χ3v) is 6.65. The van der Waals surface area contributed by atoms with E-state index in [0.717, 1.165) is 4.91 Å². The van der Waals surface area contributed by atoms with E-state index in [-0.39, 0.29) is 22.9 Å². The van der Waals surface area contributed by atoms with E-state index < -0.39 is 29.8 Å². The zero-order valence-electron chi connectivity index (χ0n) is 15.9. The van der Waals surface area contributed by atoms with Crippen molar-refractivity contribution < 1.29 is 29.6 Å². The van der Waals surface area contributed by atoms with Gasteiger partial charge in [0.25, 0.3) is 0 Å². The molecule has 3 heterocycles. The summed E-state index contributed by atoms with van der Waals surface area (Å²) in [5, 5.41) is 26.2. The van der Waals surface area contributed by atoms with Gasteiger partial charge in [-0.15, -0.1) is 11.8 Å². The van der Waals surface area contributed by atoms with Crippen molar-refractivity contribution in [2.75, 3.05) is 20.6 Å². The normalized spacial score (nSPS) is 32.9. The van der Waals surface area contributed by atoms with Gasteiger partial charge in [0.05, 0.1) is 18.1 Å². The smallest absolute Gasteiger partial charge is 0.352 e. The molecule has 0 aromatic carbocycles. The molecule has 0 saturated carbocycles. The summed E-state index contributed by atoms with van der Waals surface area (Å²) in [6, 6.07) is -0.245. The van der Waals surface area contributed by atoms with E-state index in [1.807, 2.05) is 6.92 Å². The molecule has 27 heavy (non-hydrogen) atoms. The van der Waals surface area contributed by atoms with Crippen LogP contribution in [-0.2, 0) is 19.4 Å². The molecule has 152 valence electrons. The Hall–Kier alpha value is -1.33. The van der Waals surface area contributed by atoms with E-state index in [0.29, 0.717) is 19.4 Å². The Morgan fingerprint density at radius 1 is 1.37 bits per heavy atom. The number of rotatable bonds is 7. The van der Waals surface area contributed by atoms with E-state index >= 15 is 0 Å². The fourth-order valence-corrected chi connectivity index (χ4v) is 5.51. The maximum Gasteiger partial charge on any atom is 0.352 e. The summed E-state index contributed by atoms with van der Waals surface area (Å²) in [7, 11) is 3.44. The molecule has 9 nitrogen and oxygen atoms in total. The molecule has 3 rings (SSSR count). The number of aliphatic hydroxyl groups is 1. The van der Waals surface area contributed by atoms with Crippen molar-refractivity contribution in [3.63, 3.8) is 0 Å². The van der Waals surface area contributed by atoms with E-state index in [9.17, 15) is 19.8 Å². The highest BCUT2D eigenvalue weighted by Gasteiger charge is 2.54. The lowest BCUT2D eigenvalue weighted by atomic mass is 9.80. The van der Waals surface area contributed by atoms with Crippen LogP contribution in [0.4, 0.5) is 0 Å². The van der Waals surface area contributed by atoms with Gasteiger partial charge in [0, 0.05) is 42.8 Å². The van der Waals surface area contributed by atoms with Gasteiger partial charge >= 0.3 is 5.97 Å². The van der Waals surface area contributed by atoms with E-state index in [1.54, 1.807) is 25.9 Å². The molecule has 5 atom stereocenters. The summed E-state index contributed by atoms with van der Waals surface area (Å²) in [5.74, 6) is -1.41. The quantitative estimate of drug-likeness (QED) is 0.341. The topological polar surface area (TPSA) is 127 Å². The van der Waals surface area contributed by atoms with Crippen molar-refractivity contribution in [3.05, 3.63) is 10.6 Å². The van der Waals surface area contributed by atoms with Crippen molar-refractivity contribution in [2.45, 2.75) is 55.9 Å². The second-order valence-corrected chi connectivity index (χ2v) is 9.21. The minimum atomic E-state index is -1.03. The number of thioether (sulfide) groups is 1. The summed E-state index contributed by atoms with van der Waals surface area (Å²) in [5.41, 5.74) is -0.549. The number of hydrogen-bond acceptors (Lipinski definition) is 8. The number of amides is 1. The lowest BCUT2D eigenvalue weighted by molar-refractivity contribution is -0.133. The molecule has 4 N–H and O–H groups in total. The molecule has 0 radical (unpaired) electrons. The summed E-state index contributed by atoms with van der Waals surface area (Å²) < 4.78 is 0. The molecule has 0 aliphatic carbocycles. The lowest BCUT2D eigenvalue weighted by Crippen LogP contribution is -2.51. The molecule has 0 unspecified atom stereocenters. The molecule has 10 heteroatoms. The molecule has 3 aliphatic rings. The monoisotopic (exact) mass is 401 g/mol. The summed E-state index contributed by atoms with van der Waals surface area (Å²) in [6.07, 6.45) is -0.188. The number of aliphatic hydroxyl groups excluding tert-OH is 1. The van der Waals surface area contributed by atoms with Crippen molar-refractivity contribution >= 4 is 23.6 Å². The van der Waals surface area contributed by atoms with Crippen LogP contribution in [0.5, 0.6) is 0 Å². The Bertz CT molecular complexity index is 649. The van der Waals surface area contributed by atoms with Crippen LogP contribution in [0.3, 0.4) is 0 Å². The number of carbonyl (C=O) groups excluding carboxylic acids is 1. The van der Waals surface area contributed by atoms with Gasteiger partial charge < -0.3 is 25.7 Å². The lowest BCUT2D eigenvalue weighted by Gasteiger charge is -2.35. The van der Waals surface area contributed by atoms with Crippen molar-refractivity contribution in [2.24, 2.45) is 5.92 Å². The molecular weight excluding hydrogens is 374 g/mol. The fourth-order valence-electron chi connectivity index (χ4n) is 4.00. The number of likely N-dealkylation sites (N-methyl/N-ethyl adjacent to an activating group) is 1. The number of nitrogens with one attached hydrogen (secondary N) is 2. The maximum absolute atomic E-state index is 12.1. The van der Waals surface area contributed by atoms with Gasteiger partial charge in [-0.05, 0) is 20.3 Å². The number of carboxylic acid groups (broad SMARTS) is 1. The molecule has 1 amide bonds. The largest absolute Gasteiger partial charge is 0.477 e. The first-order valence-corrected chi connectivity index (χ1v) is 9.86. The Balaban J connectivity index is 1.71. The summed E-state index contributed by atoms with van der Waals surface area (Å²) >= 11 is 1.49. The second kappa shape index (κ2) is 7.59. The molecule has 3 aliphatic heterocycles. The van der Waals surface area contributed by atoms with Gasteiger partial charge in [0.1, 0.15) is 5.70 Å². The highest BCUT2D eigenvalue weighted by molar-refractivity contribution is 8.03. The first-order valence-electron chi connectivity index (χ1n) is 8.98. The van der Waals surface area contributed by atoms with E-state index in [1.165, 1.54) is 11.8 Å². The Morgan fingerprint density at radius 3 is 2.56 bits per heavy atom. The van der Waals surface area contributed by atoms with Crippen LogP contribution in [0, 0.1) is 5.92 Å². The highest BCUT2D eigenvalue weighted by atomic mass is 32.2. The molecule has 2 fully saturated rings. The van der Waals surface area contributed by atoms with Crippen LogP contribution < -0.4 is 10.6 Å². The molecule has 2 saturated heterocycles. The first-order chi connectivity index (χ1) is 12.6. The average molecular weight is 401 g/mol. The van der Waals surface area contributed by atoms with E-state index in [4.69, 9.17) is 9.78 Å². The predicted molar refractivity (Wildman–Crippen MR) is 98.4 cm³/mol. The number of aliphatic carboxylic acids is 1. The zero-order valence-corrected chi connectivity index (χ0v) is 16.7. The summed E-state index contributed by atoms with van der Waals surface area (Å²) in [4.78, 5) is 36.0. The average Bonchev–Trinajstić information content (AvgIpc) is 3.16. The third kappa shape index (κ3) is 4.24. The van der Waals surface area contributed by atoms with Gasteiger partial charge in [-0.3, -0.25) is 4.79 Å². The van der Waals surface area contributed by atoms with Gasteiger partial charge in [0.2, 0.25) is 12.2 Å². The third-order valence-electron chi connectivity index (χ3n) is 5.33. The highest BCUT2D eigenvalue weighted by Crippen LogP contribution is 2.46. The van der Waals surface area contributed by atoms with Gasteiger partial charge in [0.15, 0.2) is 0 Å². The first kappa shape index (κ1) is 20.4. The molecule has 0 aromatic rings. The van der Waals surface area contributed by atoms with Crippen LogP contribution in [-0.4, -0.2) is 76.9 Å². The second-order valence-electron chi connectivity index (χ2n) is 7.82. The minimum absolute atomic E-state index is 0.0251. The standard InChI is InChI=1S/C17H27N3O6S/c1-8(21)12(16-25-26-16)17(2)6-11(13(19-17)15(23)24)27-9-5-10(18-7-9)14(22)20(3)4/h8-10,12,16,18-19,21H,5-7H2,1-4H3,(H,23,24)/t8-,9+,10+,12+,17-/m1/s1. The predicted octanol–water partition coefficient (Wildman–Crippen LogP) is -0.129. The number of hydrogen-bond donors (Lipinski definition) is 4. The number of nitrogens with zero attached hydrogens (tertiary/aromatic N) is 1. The Morgan fingerprint density at radius 2 is 2.04 bits per heavy atom. The zero-order chi connectivity index (χ0) is 19.9. The molecular formula is C17H27N3O6S. The fraction of sp³-hybridized carbons (Fsp3) is 0.765. The number of carboxylic acids is 1. The van der Waals surface area contributed by atoms with Crippen LogP contribution >= 0.6 is 11.8 Å². The molecule has 0 bridgehead atoms. The molecule has 0 spiro atoms. The van der Waals surface area contributed by atoms with Crippen molar-refractivity contribution in [3.8, 4) is 0 Å². The van der Waals surface area contributed by atoms with Crippen LogP contribution in [0.15, 0.2) is 10.6 Å².